The fraction of sp³-hybridized carbons (Fsp3) is 0.304. The minimum absolute atomic E-state index is 0.00505. The third kappa shape index (κ3) is 3.62. The van der Waals surface area contributed by atoms with Crippen molar-refractivity contribution >= 4 is 60.4 Å². The van der Waals surface area contributed by atoms with Crippen LogP contribution in [0.25, 0.3) is 26.0 Å². The maximum absolute atomic E-state index is 13.3. The van der Waals surface area contributed by atoms with E-state index >= 15 is 0 Å². The van der Waals surface area contributed by atoms with Gasteiger partial charge in [0, 0.05) is 11.4 Å². The van der Waals surface area contributed by atoms with Crippen LogP contribution in [-0.2, 0) is 19.4 Å². The van der Waals surface area contributed by atoms with Crippen LogP contribution in [0.2, 0.25) is 0 Å². The van der Waals surface area contributed by atoms with Crippen LogP contribution < -0.4 is 5.56 Å². The summed E-state index contributed by atoms with van der Waals surface area (Å²) in [6.07, 6.45) is 4.23. The summed E-state index contributed by atoms with van der Waals surface area (Å²) in [5.41, 5.74) is 2.14. The number of thiophene rings is 1. The van der Waals surface area contributed by atoms with Gasteiger partial charge >= 0.3 is 0 Å². The molecule has 3 aromatic heterocycles. The Morgan fingerprint density at radius 2 is 2.06 bits per heavy atom. The van der Waals surface area contributed by atoms with Crippen molar-refractivity contribution in [3.8, 4) is 6.07 Å². The highest BCUT2D eigenvalue weighted by molar-refractivity contribution is 7.99. The van der Waals surface area contributed by atoms with Crippen molar-refractivity contribution in [3.63, 3.8) is 0 Å². The molecule has 9 heteroatoms. The van der Waals surface area contributed by atoms with Crippen LogP contribution in [0.5, 0.6) is 0 Å². The molecule has 4 aromatic rings. The number of rotatable bonds is 5. The van der Waals surface area contributed by atoms with E-state index in [4.69, 9.17) is 4.98 Å². The van der Waals surface area contributed by atoms with Gasteiger partial charge in [0.2, 0.25) is 0 Å². The van der Waals surface area contributed by atoms with E-state index in [0.29, 0.717) is 16.7 Å². The van der Waals surface area contributed by atoms with Crippen LogP contribution in [0.15, 0.2) is 40.0 Å². The first-order chi connectivity index (χ1) is 15.6. The summed E-state index contributed by atoms with van der Waals surface area (Å²) < 4.78 is 2.63. The topological polar surface area (TPSA) is 91.8 Å². The summed E-state index contributed by atoms with van der Waals surface area (Å²) in [7, 11) is 0. The van der Waals surface area contributed by atoms with Gasteiger partial charge in [0.15, 0.2) is 5.16 Å². The molecular weight excluding hydrogens is 460 g/mol. The summed E-state index contributed by atoms with van der Waals surface area (Å²) in [5.74, 6) is 0.0843. The third-order valence-corrected chi connectivity index (χ3v) is 8.83. The molecule has 0 fully saturated rings. The first-order valence-electron chi connectivity index (χ1n) is 10.5. The highest BCUT2D eigenvalue weighted by atomic mass is 32.2. The van der Waals surface area contributed by atoms with Gasteiger partial charge in [-0.15, -0.1) is 22.7 Å². The SMILES string of the molecule is CCn1c(SC/C(O)=C(\C#N)c2nc3ccccc3s2)nc2sc3c(c2c1=O)CCCC3. The fourth-order valence-electron chi connectivity index (χ4n) is 4.03. The average Bonchev–Trinajstić information content (AvgIpc) is 3.39. The molecule has 162 valence electrons. The number of hydrogen-bond donors (Lipinski definition) is 1. The minimum atomic E-state index is -0.0565. The molecule has 0 atom stereocenters. The number of aliphatic hydroxyl groups is 1. The number of nitrogens with zero attached hydrogens (tertiary/aromatic N) is 4. The Kier molecular flexibility index (Phi) is 5.76. The van der Waals surface area contributed by atoms with Crippen molar-refractivity contribution in [3.05, 3.63) is 55.8 Å². The van der Waals surface area contributed by atoms with Crippen LogP contribution in [0.4, 0.5) is 0 Å². The predicted molar refractivity (Wildman–Crippen MR) is 132 cm³/mol. The van der Waals surface area contributed by atoms with Crippen LogP contribution in [0.3, 0.4) is 0 Å². The van der Waals surface area contributed by atoms with Crippen molar-refractivity contribution in [2.24, 2.45) is 0 Å². The van der Waals surface area contributed by atoms with Gasteiger partial charge in [0.25, 0.3) is 5.56 Å². The van der Waals surface area contributed by atoms with Crippen LogP contribution in [0, 0.1) is 11.3 Å². The molecule has 1 aliphatic rings. The van der Waals surface area contributed by atoms with Crippen LogP contribution in [0.1, 0.15) is 35.2 Å². The van der Waals surface area contributed by atoms with E-state index in [1.54, 1.807) is 15.9 Å². The van der Waals surface area contributed by atoms with Gasteiger partial charge in [-0.2, -0.15) is 5.26 Å². The Hall–Kier alpha value is -2.67. The number of benzene rings is 1. The number of aromatic nitrogens is 3. The monoisotopic (exact) mass is 480 g/mol. The number of nitriles is 1. The predicted octanol–water partition coefficient (Wildman–Crippen LogP) is 5.55. The van der Waals surface area contributed by atoms with E-state index in [1.807, 2.05) is 31.2 Å². The molecule has 3 heterocycles. The van der Waals surface area contributed by atoms with E-state index in [-0.39, 0.29) is 22.6 Å². The lowest BCUT2D eigenvalue weighted by Crippen LogP contribution is -2.23. The third-order valence-electron chi connectivity index (χ3n) is 5.60. The molecule has 0 saturated heterocycles. The first kappa shape index (κ1) is 21.2. The minimum Gasteiger partial charge on any atom is -0.510 e. The molecule has 6 nitrogen and oxygen atoms in total. The van der Waals surface area contributed by atoms with E-state index in [1.165, 1.54) is 33.5 Å². The van der Waals surface area contributed by atoms with Crippen LogP contribution in [-0.4, -0.2) is 25.4 Å². The molecule has 1 aromatic carbocycles. The van der Waals surface area contributed by atoms with Crippen molar-refractivity contribution in [2.45, 2.75) is 44.3 Å². The van der Waals surface area contributed by atoms with E-state index in [9.17, 15) is 15.2 Å². The number of fused-ring (bicyclic) bond motifs is 4. The second-order valence-corrected chi connectivity index (χ2v) is 10.6. The number of thiazole rings is 1. The molecule has 1 N–H and O–H groups in total. The maximum Gasteiger partial charge on any atom is 0.263 e. The van der Waals surface area contributed by atoms with Gasteiger partial charge in [0.1, 0.15) is 27.2 Å². The number of aryl methyl sites for hydroxylation is 2. The largest absolute Gasteiger partial charge is 0.510 e. The first-order valence-corrected chi connectivity index (χ1v) is 13.1. The second-order valence-electron chi connectivity index (χ2n) is 7.54. The van der Waals surface area contributed by atoms with E-state index < -0.39 is 0 Å². The van der Waals surface area contributed by atoms with Gasteiger partial charge in [-0.05, 0) is 50.3 Å². The molecule has 0 unspecified atom stereocenters. The number of para-hydroxylation sites is 1. The second kappa shape index (κ2) is 8.70. The highest BCUT2D eigenvalue weighted by Crippen LogP contribution is 2.35. The van der Waals surface area contributed by atoms with E-state index in [0.717, 1.165) is 46.1 Å². The quantitative estimate of drug-likeness (QED) is 0.174. The maximum atomic E-state index is 13.3. The van der Waals surface area contributed by atoms with Crippen molar-refractivity contribution in [1.82, 2.24) is 14.5 Å². The molecule has 0 aliphatic heterocycles. The lowest BCUT2D eigenvalue weighted by atomic mass is 9.97. The summed E-state index contributed by atoms with van der Waals surface area (Å²) >= 11 is 4.27. The summed E-state index contributed by atoms with van der Waals surface area (Å²) in [5, 5.41) is 22.2. The molecule has 5 rings (SSSR count). The zero-order valence-electron chi connectivity index (χ0n) is 17.4. The highest BCUT2D eigenvalue weighted by Gasteiger charge is 2.22. The normalized spacial score (nSPS) is 14.4. The summed E-state index contributed by atoms with van der Waals surface area (Å²) in [6.45, 7) is 2.43. The Morgan fingerprint density at radius 1 is 1.25 bits per heavy atom. The Labute approximate surface area is 196 Å². The summed E-state index contributed by atoms with van der Waals surface area (Å²) in [6, 6.07) is 9.74. The van der Waals surface area contributed by atoms with Gasteiger partial charge in [-0.3, -0.25) is 9.36 Å². The molecule has 0 radical (unpaired) electrons. The molecule has 0 saturated carbocycles. The Balaban J connectivity index is 1.50. The van der Waals surface area contributed by atoms with Gasteiger partial charge < -0.3 is 5.11 Å². The average molecular weight is 481 g/mol. The number of allylic oxidation sites excluding steroid dienone is 1. The standard InChI is InChI=1S/C23H20N4O2S3/c1-2-27-22(29)19-13-7-3-5-9-17(13)31-21(19)26-23(27)30-12-16(28)14(11-24)20-25-15-8-4-6-10-18(15)32-20/h4,6,8,10,28H,2-3,5,7,9,12H2,1H3/b16-14-. The van der Waals surface area contributed by atoms with Crippen molar-refractivity contribution < 1.29 is 5.11 Å². The fourth-order valence-corrected chi connectivity index (χ4v) is 7.25. The van der Waals surface area contributed by atoms with Gasteiger partial charge in [-0.25, -0.2) is 9.97 Å². The Morgan fingerprint density at radius 3 is 2.84 bits per heavy atom. The molecule has 32 heavy (non-hydrogen) atoms. The van der Waals surface area contributed by atoms with E-state index in [2.05, 4.69) is 11.1 Å². The molecule has 0 bridgehead atoms. The number of hydrogen-bond acceptors (Lipinski definition) is 8. The molecule has 0 amide bonds. The zero-order chi connectivity index (χ0) is 22.2. The zero-order valence-corrected chi connectivity index (χ0v) is 19.9. The number of thioether (sulfide) groups is 1. The lowest BCUT2D eigenvalue weighted by molar-refractivity contribution is 0.420. The summed E-state index contributed by atoms with van der Waals surface area (Å²) in [4.78, 5) is 24.6. The van der Waals surface area contributed by atoms with Gasteiger partial charge in [-0.1, -0.05) is 23.9 Å². The van der Waals surface area contributed by atoms with Crippen LogP contribution >= 0.6 is 34.4 Å². The lowest BCUT2D eigenvalue weighted by Gasteiger charge is -2.12. The van der Waals surface area contributed by atoms with Crippen molar-refractivity contribution in [1.29, 1.82) is 5.26 Å². The number of aliphatic hydroxyl groups excluding tert-OH is 1. The Bertz CT molecular complexity index is 1440. The van der Waals surface area contributed by atoms with Gasteiger partial charge in [0.05, 0.1) is 21.4 Å². The smallest absolute Gasteiger partial charge is 0.263 e. The van der Waals surface area contributed by atoms with Crippen molar-refractivity contribution in [2.75, 3.05) is 5.75 Å². The molecule has 1 aliphatic carbocycles. The molecule has 0 spiro atoms. The molecular formula is C23H20N4O2S3.